The van der Waals surface area contributed by atoms with E-state index in [9.17, 15) is 14.4 Å². The zero-order valence-corrected chi connectivity index (χ0v) is 16.7. The van der Waals surface area contributed by atoms with Gasteiger partial charge in [-0.1, -0.05) is 15.9 Å². The Morgan fingerprint density at radius 1 is 1.15 bits per heavy atom. The Morgan fingerprint density at radius 3 is 2.50 bits per heavy atom. The van der Waals surface area contributed by atoms with Crippen molar-refractivity contribution in [2.75, 3.05) is 13.1 Å². The number of hydrogen-bond acceptors (Lipinski definition) is 3. The number of amides is 4. The number of benzene rings is 1. The Balaban J connectivity index is 1.51. The number of nitrogens with one attached hydrogen (secondary N) is 1. The van der Waals surface area contributed by atoms with Crippen molar-refractivity contribution in [1.82, 2.24) is 15.1 Å². The van der Waals surface area contributed by atoms with Gasteiger partial charge in [0.25, 0.3) is 11.8 Å². The molecular weight excluding hydrogens is 398 g/mol. The summed E-state index contributed by atoms with van der Waals surface area (Å²) in [5.74, 6) is -0.530. The van der Waals surface area contributed by atoms with Crippen molar-refractivity contribution in [3.8, 4) is 0 Å². The fourth-order valence-electron chi connectivity index (χ4n) is 3.81. The van der Waals surface area contributed by atoms with Crippen LogP contribution in [0.1, 0.15) is 60.2 Å². The maximum atomic E-state index is 12.4. The lowest BCUT2D eigenvalue weighted by atomic mass is 9.98. The van der Waals surface area contributed by atoms with Crippen LogP contribution in [0.2, 0.25) is 0 Å². The Kier molecular flexibility index (Phi) is 5.65. The van der Waals surface area contributed by atoms with Crippen LogP contribution in [-0.2, 0) is 0 Å². The van der Waals surface area contributed by atoms with Crippen molar-refractivity contribution in [1.29, 1.82) is 0 Å². The molecule has 1 N–H and O–H groups in total. The molecule has 4 amide bonds. The predicted octanol–water partition coefficient (Wildman–Crippen LogP) is 3.41. The fourth-order valence-corrected chi connectivity index (χ4v) is 4.17. The zero-order chi connectivity index (χ0) is 18.8. The molecule has 2 unspecified atom stereocenters. The number of piperidine rings is 1. The third-order valence-electron chi connectivity index (χ3n) is 5.20. The van der Waals surface area contributed by atoms with Crippen molar-refractivity contribution < 1.29 is 14.4 Å². The summed E-state index contributed by atoms with van der Waals surface area (Å²) >= 11 is 3.33. The number of nitrogens with zero attached hydrogens (tertiary/aromatic N) is 2. The molecule has 2 aliphatic heterocycles. The van der Waals surface area contributed by atoms with Gasteiger partial charge < -0.3 is 10.2 Å². The molecule has 0 spiro atoms. The number of likely N-dealkylation sites (tertiary alicyclic amines) is 1. The molecule has 2 aliphatic rings. The third kappa shape index (κ3) is 3.63. The molecule has 0 bridgehead atoms. The summed E-state index contributed by atoms with van der Waals surface area (Å²) in [5.41, 5.74) is 0.877. The van der Waals surface area contributed by atoms with E-state index in [4.69, 9.17) is 0 Å². The molecule has 1 saturated heterocycles. The number of carbonyl (C=O) groups excluding carboxylic acids is 3. The molecule has 1 aromatic carbocycles. The number of urea groups is 1. The van der Waals surface area contributed by atoms with Crippen molar-refractivity contribution >= 4 is 33.8 Å². The fraction of sp³-hybridized carbons (Fsp3) is 0.526. The van der Waals surface area contributed by atoms with Crippen molar-refractivity contribution in [2.45, 2.75) is 51.6 Å². The van der Waals surface area contributed by atoms with Gasteiger partial charge in [0.2, 0.25) is 0 Å². The first-order valence-electron chi connectivity index (χ1n) is 9.12. The monoisotopic (exact) mass is 421 g/mol. The van der Waals surface area contributed by atoms with Gasteiger partial charge in [-0.05, 0) is 57.7 Å². The Bertz CT molecular complexity index is 727. The molecule has 1 fully saturated rings. The first-order chi connectivity index (χ1) is 12.4. The predicted molar refractivity (Wildman–Crippen MR) is 102 cm³/mol. The second kappa shape index (κ2) is 7.78. The van der Waals surface area contributed by atoms with Crippen molar-refractivity contribution in [3.63, 3.8) is 0 Å². The van der Waals surface area contributed by atoms with E-state index in [0.717, 1.165) is 23.7 Å². The van der Waals surface area contributed by atoms with E-state index in [0.29, 0.717) is 30.6 Å². The summed E-state index contributed by atoms with van der Waals surface area (Å²) < 4.78 is 0.774. The highest BCUT2D eigenvalue weighted by atomic mass is 79.9. The van der Waals surface area contributed by atoms with Crippen LogP contribution in [0, 0.1) is 0 Å². The minimum Gasteiger partial charge on any atom is -0.338 e. The summed E-state index contributed by atoms with van der Waals surface area (Å²) in [4.78, 5) is 40.4. The average molecular weight is 422 g/mol. The highest BCUT2D eigenvalue weighted by Gasteiger charge is 2.35. The molecule has 1 aromatic rings. The molecule has 0 saturated carbocycles. The van der Waals surface area contributed by atoms with Gasteiger partial charge >= 0.3 is 6.03 Å². The van der Waals surface area contributed by atoms with Gasteiger partial charge in [0.05, 0.1) is 11.1 Å². The summed E-state index contributed by atoms with van der Waals surface area (Å²) in [7, 11) is 0. The van der Waals surface area contributed by atoms with Gasteiger partial charge in [-0.15, -0.1) is 0 Å². The Hall–Kier alpha value is -1.89. The number of carbonyl (C=O) groups is 3. The molecule has 7 heteroatoms. The largest absolute Gasteiger partial charge is 0.338 e. The van der Waals surface area contributed by atoms with E-state index in [-0.39, 0.29) is 29.9 Å². The van der Waals surface area contributed by atoms with Gasteiger partial charge in [0, 0.05) is 29.6 Å². The molecule has 26 heavy (non-hydrogen) atoms. The van der Waals surface area contributed by atoms with Gasteiger partial charge in [-0.2, -0.15) is 0 Å². The first-order valence-corrected chi connectivity index (χ1v) is 9.91. The summed E-state index contributed by atoms with van der Waals surface area (Å²) in [6.07, 6.45) is 3.75. The molecular formula is C19H24BrN3O3. The second-order valence-electron chi connectivity index (χ2n) is 7.07. The normalized spacial score (nSPS) is 22.6. The second-order valence-corrected chi connectivity index (χ2v) is 7.99. The van der Waals surface area contributed by atoms with E-state index >= 15 is 0 Å². The number of rotatable bonds is 4. The molecule has 0 aromatic heterocycles. The average Bonchev–Trinajstić information content (AvgIpc) is 2.82. The van der Waals surface area contributed by atoms with E-state index < -0.39 is 0 Å². The van der Waals surface area contributed by atoms with E-state index in [2.05, 4.69) is 35.1 Å². The van der Waals surface area contributed by atoms with Crippen LogP contribution in [0.25, 0.3) is 0 Å². The van der Waals surface area contributed by atoms with Crippen LogP contribution in [0.15, 0.2) is 22.7 Å². The minimum atomic E-state index is -0.268. The SMILES string of the molecule is CC1CCCC(C)N1C(=O)NCCCN1C(=O)c2ccc(Br)cc2C1=O. The highest BCUT2D eigenvalue weighted by molar-refractivity contribution is 9.10. The maximum absolute atomic E-state index is 12.4. The highest BCUT2D eigenvalue weighted by Crippen LogP contribution is 2.26. The molecule has 3 rings (SSSR count). The van der Waals surface area contributed by atoms with Gasteiger partial charge in [0.1, 0.15) is 0 Å². The number of hydrogen-bond donors (Lipinski definition) is 1. The molecule has 0 radical (unpaired) electrons. The first kappa shape index (κ1) is 18.9. The van der Waals surface area contributed by atoms with Gasteiger partial charge in [-0.25, -0.2) is 4.79 Å². The van der Waals surface area contributed by atoms with Crippen LogP contribution in [-0.4, -0.2) is 52.8 Å². The van der Waals surface area contributed by atoms with Crippen molar-refractivity contribution in [3.05, 3.63) is 33.8 Å². The third-order valence-corrected chi connectivity index (χ3v) is 5.69. The van der Waals surface area contributed by atoms with Crippen molar-refractivity contribution in [2.24, 2.45) is 0 Å². The molecule has 2 atom stereocenters. The zero-order valence-electron chi connectivity index (χ0n) is 15.1. The van der Waals surface area contributed by atoms with Crippen LogP contribution in [0.5, 0.6) is 0 Å². The molecule has 0 aliphatic carbocycles. The summed E-state index contributed by atoms with van der Waals surface area (Å²) in [6, 6.07) is 5.53. The number of imide groups is 1. The molecule has 2 heterocycles. The van der Waals surface area contributed by atoms with Gasteiger partial charge in [0.15, 0.2) is 0 Å². The van der Waals surface area contributed by atoms with Crippen LogP contribution < -0.4 is 5.32 Å². The lowest BCUT2D eigenvalue weighted by Crippen LogP contribution is -2.52. The lowest BCUT2D eigenvalue weighted by Gasteiger charge is -2.38. The van der Waals surface area contributed by atoms with Gasteiger partial charge in [-0.3, -0.25) is 14.5 Å². The summed E-state index contributed by atoms with van der Waals surface area (Å²) in [6.45, 7) is 4.89. The Morgan fingerprint density at radius 2 is 1.81 bits per heavy atom. The molecule has 140 valence electrons. The van der Waals surface area contributed by atoms with E-state index in [1.54, 1.807) is 18.2 Å². The standard InChI is InChI=1S/C19H24BrN3O3/c1-12-5-3-6-13(2)23(12)19(26)21-9-4-10-22-17(24)15-8-7-14(20)11-16(15)18(22)25/h7-8,11-13H,3-6,9-10H2,1-2H3,(H,21,26). The maximum Gasteiger partial charge on any atom is 0.317 e. The molecule has 6 nitrogen and oxygen atoms in total. The minimum absolute atomic E-state index is 0.0593. The Labute approximate surface area is 162 Å². The van der Waals surface area contributed by atoms with E-state index in [1.165, 1.54) is 4.90 Å². The topological polar surface area (TPSA) is 69.7 Å². The van der Waals surface area contributed by atoms with Crippen LogP contribution in [0.3, 0.4) is 0 Å². The van der Waals surface area contributed by atoms with Crippen LogP contribution >= 0.6 is 15.9 Å². The number of halogens is 1. The summed E-state index contributed by atoms with van der Waals surface area (Å²) in [5, 5.41) is 2.93. The lowest BCUT2D eigenvalue weighted by molar-refractivity contribution is 0.0653. The number of fused-ring (bicyclic) bond motifs is 1. The van der Waals surface area contributed by atoms with Crippen LogP contribution in [0.4, 0.5) is 4.79 Å². The van der Waals surface area contributed by atoms with E-state index in [1.807, 2.05) is 4.90 Å². The quantitative estimate of drug-likeness (QED) is 0.597. The smallest absolute Gasteiger partial charge is 0.317 e.